The largest absolute Gasteiger partial charge is 0.391 e. The monoisotopic (exact) mass is 521 g/mol. The van der Waals surface area contributed by atoms with Gasteiger partial charge >= 0.3 is 0 Å². The van der Waals surface area contributed by atoms with Crippen molar-refractivity contribution in [3.63, 3.8) is 0 Å². The molecule has 2 aromatic carbocycles. The number of aliphatic hydroxyl groups excluding tert-OH is 1. The first-order valence-electron chi connectivity index (χ1n) is 11.5. The van der Waals surface area contributed by atoms with Crippen molar-refractivity contribution in [2.24, 2.45) is 0 Å². The lowest BCUT2D eigenvalue weighted by Gasteiger charge is -2.19. The number of rotatable bonds is 10. The molecule has 0 fully saturated rings. The minimum Gasteiger partial charge on any atom is -0.391 e. The van der Waals surface area contributed by atoms with Crippen molar-refractivity contribution in [2.75, 3.05) is 39.0 Å². The normalized spacial score (nSPS) is 11.4. The number of hydrogen-bond acceptors (Lipinski definition) is 7. The maximum atomic E-state index is 12.3. The molecule has 10 nitrogen and oxygen atoms in total. The van der Waals surface area contributed by atoms with E-state index in [1.165, 1.54) is 24.5 Å². The lowest BCUT2D eigenvalue weighted by Crippen LogP contribution is -2.51. The van der Waals surface area contributed by atoms with E-state index in [0.29, 0.717) is 11.3 Å². The van der Waals surface area contributed by atoms with E-state index in [4.69, 9.17) is 5.21 Å². The molecule has 0 spiro atoms. The van der Waals surface area contributed by atoms with Crippen molar-refractivity contribution >= 4 is 23.4 Å². The van der Waals surface area contributed by atoms with Crippen molar-refractivity contribution in [2.45, 2.75) is 26.5 Å². The molecule has 38 heavy (non-hydrogen) atoms. The minimum atomic E-state index is -1.30. The van der Waals surface area contributed by atoms with Crippen LogP contribution in [0.5, 0.6) is 0 Å². The van der Waals surface area contributed by atoms with Crippen LogP contribution in [0.25, 0.3) is 0 Å². The molecule has 2 rings (SSSR count). The zero-order valence-electron chi connectivity index (χ0n) is 21.0. The van der Waals surface area contributed by atoms with Gasteiger partial charge in [-0.15, -0.1) is 0 Å². The summed E-state index contributed by atoms with van der Waals surface area (Å²) in [5.74, 6) is 9.68. The van der Waals surface area contributed by atoms with Gasteiger partial charge in [-0.1, -0.05) is 19.3 Å². The quantitative estimate of drug-likeness (QED) is 0.118. The number of aliphatic hydroxyl groups is 1. The van der Waals surface area contributed by atoms with E-state index in [1.54, 1.807) is 36.4 Å². The highest BCUT2D eigenvalue weighted by Gasteiger charge is 2.25. The smallest absolute Gasteiger partial charge is 0.268 e. The number of anilines is 1. The number of carbonyl (C=O) groups is 3. The predicted octanol–water partition coefficient (Wildman–Crippen LogP) is 0.800. The van der Waals surface area contributed by atoms with Gasteiger partial charge in [-0.3, -0.25) is 19.6 Å². The summed E-state index contributed by atoms with van der Waals surface area (Å²) in [5.41, 5.74) is 3.71. The highest BCUT2D eigenvalue weighted by Crippen LogP contribution is 2.08. The van der Waals surface area contributed by atoms with Crippen LogP contribution in [0.2, 0.25) is 0 Å². The van der Waals surface area contributed by atoms with Gasteiger partial charge in [0, 0.05) is 35.5 Å². The number of nitrogens with one attached hydrogen (secondary N) is 4. The van der Waals surface area contributed by atoms with Gasteiger partial charge in [0.15, 0.2) is 0 Å². The molecule has 0 aliphatic rings. The Morgan fingerprint density at radius 3 is 2.00 bits per heavy atom. The summed E-state index contributed by atoms with van der Waals surface area (Å²) in [4.78, 5) is 37.9. The fourth-order valence-electron chi connectivity index (χ4n) is 2.96. The van der Waals surface area contributed by atoms with Gasteiger partial charge in [-0.2, -0.15) is 0 Å². The summed E-state index contributed by atoms with van der Waals surface area (Å²) in [6.45, 7) is 3.13. The molecular formula is C28H35N5O5. The van der Waals surface area contributed by atoms with E-state index in [-0.39, 0.29) is 25.4 Å². The molecule has 0 saturated carbocycles. The molecular weight excluding hydrogens is 486 g/mol. The zero-order chi connectivity index (χ0) is 27.2. The van der Waals surface area contributed by atoms with Gasteiger partial charge in [-0.05, 0) is 81.4 Å². The van der Waals surface area contributed by atoms with Gasteiger partial charge in [-0.25, -0.2) is 5.48 Å². The van der Waals surface area contributed by atoms with E-state index < -0.39 is 24.0 Å². The summed E-state index contributed by atoms with van der Waals surface area (Å²) in [6.07, 6.45) is -1.20. The average molecular weight is 522 g/mol. The summed E-state index contributed by atoms with van der Waals surface area (Å²) in [7, 11) is 3.94. The number of hydrogen-bond donors (Lipinski definition) is 6. The van der Waals surface area contributed by atoms with E-state index in [2.05, 4.69) is 39.6 Å². The first kappa shape index (κ1) is 31.8. The molecule has 0 aromatic heterocycles. The Balaban J connectivity index is 0.00000722. The highest BCUT2D eigenvalue weighted by atomic mass is 16.5. The van der Waals surface area contributed by atoms with Crippen LogP contribution in [0, 0.1) is 23.7 Å². The summed E-state index contributed by atoms with van der Waals surface area (Å²) >= 11 is 0. The van der Waals surface area contributed by atoms with Crippen molar-refractivity contribution < 1.29 is 24.7 Å². The summed E-state index contributed by atoms with van der Waals surface area (Å²) < 4.78 is 0. The topological polar surface area (TPSA) is 143 Å². The minimum absolute atomic E-state index is 0. The molecule has 0 saturated heterocycles. The van der Waals surface area contributed by atoms with E-state index >= 15 is 0 Å². The molecule has 2 atom stereocenters. The second-order valence-electron chi connectivity index (χ2n) is 8.35. The molecule has 6 N–H and O–H groups in total. The van der Waals surface area contributed by atoms with E-state index in [1.807, 2.05) is 19.0 Å². The molecule has 0 heterocycles. The van der Waals surface area contributed by atoms with Crippen LogP contribution in [-0.4, -0.2) is 78.8 Å². The number of benzene rings is 2. The predicted molar refractivity (Wildman–Crippen MR) is 146 cm³/mol. The van der Waals surface area contributed by atoms with Gasteiger partial charge < -0.3 is 26.0 Å². The lowest BCUT2D eigenvalue weighted by molar-refractivity contribution is -0.133. The Morgan fingerprint density at radius 1 is 0.947 bits per heavy atom. The Bertz CT molecular complexity index is 1190. The maximum Gasteiger partial charge on any atom is 0.268 e. The third kappa shape index (κ3) is 11.2. The molecule has 0 bridgehead atoms. The average Bonchev–Trinajstić information content (AvgIpc) is 2.88. The second kappa shape index (κ2) is 16.5. The Hall–Kier alpha value is -4.19. The number of likely N-dealkylation sites (N-methyl/N-ethyl adjacent to an activating group) is 1. The molecule has 202 valence electrons. The third-order valence-electron chi connectivity index (χ3n) is 4.97. The van der Waals surface area contributed by atoms with Crippen LogP contribution in [0.1, 0.15) is 35.8 Å². The van der Waals surface area contributed by atoms with Gasteiger partial charge in [0.2, 0.25) is 5.91 Å². The fraction of sp³-hybridized carbons (Fsp3) is 0.321. The van der Waals surface area contributed by atoms with E-state index in [9.17, 15) is 19.5 Å². The first-order valence-corrected chi connectivity index (χ1v) is 11.5. The van der Waals surface area contributed by atoms with Crippen LogP contribution in [0.15, 0.2) is 48.5 Å². The number of amides is 3. The van der Waals surface area contributed by atoms with Crippen molar-refractivity contribution in [1.29, 1.82) is 0 Å². The molecule has 0 radical (unpaired) electrons. The summed E-state index contributed by atoms with van der Waals surface area (Å²) in [5, 5.41) is 26.6. The van der Waals surface area contributed by atoms with Gasteiger partial charge in [0.1, 0.15) is 6.04 Å². The second-order valence-corrected chi connectivity index (χ2v) is 8.35. The van der Waals surface area contributed by atoms with Crippen LogP contribution >= 0.6 is 0 Å². The Labute approximate surface area is 223 Å². The fourth-order valence-corrected chi connectivity index (χ4v) is 2.96. The van der Waals surface area contributed by atoms with E-state index in [0.717, 1.165) is 18.7 Å². The Kier molecular flexibility index (Phi) is 13.9. The number of nitrogens with zero attached hydrogens (tertiary/aromatic N) is 1. The van der Waals surface area contributed by atoms with Gasteiger partial charge in [0.25, 0.3) is 11.8 Å². The number of carbonyl (C=O) groups excluding carboxylic acids is 3. The standard InChI is InChI=1S/C27H31N5O5.CH4/c1-19(33)25(27(36)31-37)30-26(35)22-12-8-20(9-13-22)6-4-5-7-21-10-14-23(15-11-21)29-24(34)18-28-16-17-32(2)3;/h8-15,19,25,28,33,37H,16-18H2,1-3H3,(H,29,34)(H,30,35)(H,31,36);1H4/t19-,25+;/m1./s1. The molecule has 2 aromatic rings. The molecule has 10 heteroatoms. The Morgan fingerprint density at radius 2 is 1.50 bits per heavy atom. The highest BCUT2D eigenvalue weighted by molar-refractivity contribution is 5.97. The van der Waals surface area contributed by atoms with Gasteiger partial charge in [0.05, 0.1) is 12.6 Å². The third-order valence-corrected chi connectivity index (χ3v) is 4.97. The van der Waals surface area contributed by atoms with Crippen LogP contribution in [-0.2, 0) is 9.59 Å². The molecule has 0 aliphatic heterocycles. The van der Waals surface area contributed by atoms with Crippen LogP contribution in [0.3, 0.4) is 0 Å². The van der Waals surface area contributed by atoms with Crippen molar-refractivity contribution in [3.8, 4) is 23.7 Å². The van der Waals surface area contributed by atoms with Crippen molar-refractivity contribution in [1.82, 2.24) is 21.0 Å². The maximum absolute atomic E-state index is 12.3. The molecule has 0 unspecified atom stereocenters. The lowest BCUT2D eigenvalue weighted by atomic mass is 10.1. The molecule has 0 aliphatic carbocycles. The SMILES string of the molecule is C.C[C@@H](O)[C@H](NC(=O)c1ccc(C#CC#Cc2ccc(NC(=O)CNCCN(C)C)cc2)cc1)C(=O)NO. The molecule has 3 amide bonds. The zero-order valence-corrected chi connectivity index (χ0v) is 21.0. The van der Waals surface area contributed by atoms with Crippen LogP contribution < -0.4 is 21.4 Å². The van der Waals surface area contributed by atoms with Crippen LogP contribution in [0.4, 0.5) is 5.69 Å². The van der Waals surface area contributed by atoms with Crippen molar-refractivity contribution in [3.05, 3.63) is 65.2 Å². The summed E-state index contributed by atoms with van der Waals surface area (Å²) in [6, 6.07) is 12.1. The number of hydroxylamine groups is 1. The first-order chi connectivity index (χ1) is 17.7.